The summed E-state index contributed by atoms with van der Waals surface area (Å²) in [4.78, 5) is 17.2. The minimum Gasteiger partial charge on any atom is -0.330 e. The molecule has 112 valence electrons. The summed E-state index contributed by atoms with van der Waals surface area (Å²) in [5.74, 6) is 1.15. The average molecular weight is 313 g/mol. The maximum atomic E-state index is 11.5. The summed E-state index contributed by atoms with van der Waals surface area (Å²) in [7, 11) is 1.96. The van der Waals surface area contributed by atoms with Crippen molar-refractivity contribution in [2.45, 2.75) is 10.6 Å². The third-order valence-corrected chi connectivity index (χ3v) is 4.46. The topological polar surface area (TPSA) is 67.2 Å². The van der Waals surface area contributed by atoms with Crippen LogP contribution in [0.5, 0.6) is 0 Å². The molecule has 22 heavy (non-hydrogen) atoms. The molecule has 6 heteroatoms. The Balaban J connectivity index is 1.87. The Morgan fingerprint density at radius 3 is 2.77 bits per heavy atom. The zero-order valence-electron chi connectivity index (χ0n) is 12.0. The molecule has 0 aliphatic rings. The summed E-state index contributed by atoms with van der Waals surface area (Å²) in [6.07, 6.45) is 0. The van der Waals surface area contributed by atoms with E-state index in [4.69, 9.17) is 5.21 Å². The van der Waals surface area contributed by atoms with Crippen LogP contribution in [0, 0.1) is 0 Å². The molecule has 0 bridgehead atoms. The maximum Gasteiger partial charge on any atom is 0.274 e. The second-order valence-corrected chi connectivity index (χ2v) is 5.88. The van der Waals surface area contributed by atoms with Gasteiger partial charge in [-0.15, -0.1) is 11.8 Å². The largest absolute Gasteiger partial charge is 0.330 e. The maximum absolute atomic E-state index is 11.5. The Bertz CT molecular complexity index is 815. The molecule has 0 saturated carbocycles. The van der Waals surface area contributed by atoms with Crippen LogP contribution in [0.2, 0.25) is 0 Å². The zero-order valence-corrected chi connectivity index (χ0v) is 12.8. The van der Waals surface area contributed by atoms with Crippen molar-refractivity contribution in [1.29, 1.82) is 0 Å². The molecule has 1 aromatic heterocycles. The lowest BCUT2D eigenvalue weighted by molar-refractivity contribution is 0.0706. The van der Waals surface area contributed by atoms with Crippen molar-refractivity contribution in [3.8, 4) is 0 Å². The number of hydrogen-bond donors (Lipinski definition) is 2. The number of fused-ring (bicyclic) bond motifs is 1. The van der Waals surface area contributed by atoms with E-state index in [1.165, 1.54) is 4.90 Å². The first kappa shape index (κ1) is 14.6. The molecule has 0 radical (unpaired) electrons. The Morgan fingerprint density at radius 2 is 2.05 bits per heavy atom. The van der Waals surface area contributed by atoms with Crippen LogP contribution in [0.25, 0.3) is 11.0 Å². The van der Waals surface area contributed by atoms with Gasteiger partial charge in [0, 0.05) is 17.5 Å². The van der Waals surface area contributed by atoms with E-state index >= 15 is 0 Å². The molecular weight excluding hydrogens is 298 g/mol. The van der Waals surface area contributed by atoms with Crippen molar-refractivity contribution in [2.75, 3.05) is 0 Å². The normalized spacial score (nSPS) is 10.8. The van der Waals surface area contributed by atoms with E-state index in [0.717, 1.165) is 22.6 Å². The number of hydrogen-bond acceptors (Lipinski definition) is 4. The first-order chi connectivity index (χ1) is 10.7. The van der Waals surface area contributed by atoms with Crippen molar-refractivity contribution >= 4 is 28.7 Å². The highest BCUT2D eigenvalue weighted by molar-refractivity contribution is 7.98. The molecule has 2 N–H and O–H groups in total. The molecule has 2 aromatic carbocycles. The highest BCUT2D eigenvalue weighted by Crippen LogP contribution is 2.24. The number of aromatic nitrogens is 2. The lowest BCUT2D eigenvalue weighted by Gasteiger charge is -2.02. The zero-order chi connectivity index (χ0) is 15.5. The summed E-state index contributed by atoms with van der Waals surface area (Å²) < 4.78 is 2.02. The molecule has 0 atom stereocenters. The molecular formula is C16H15N3O2S. The van der Waals surface area contributed by atoms with E-state index in [9.17, 15) is 4.79 Å². The molecule has 0 aliphatic heterocycles. The van der Waals surface area contributed by atoms with Gasteiger partial charge in [-0.3, -0.25) is 10.0 Å². The molecule has 1 heterocycles. The summed E-state index contributed by atoms with van der Waals surface area (Å²) in [5.41, 5.74) is 3.72. The second kappa shape index (κ2) is 6.21. The van der Waals surface area contributed by atoms with Crippen LogP contribution in [0.3, 0.4) is 0 Å². The first-order valence-electron chi connectivity index (χ1n) is 6.76. The first-order valence-corrected chi connectivity index (χ1v) is 7.75. The number of carbonyl (C=O) groups is 1. The standard InChI is InChI=1S/C16H15N3O2S/c1-19-14-8-7-11(16(20)18-21)9-13(14)17-15(19)10-22-12-5-3-2-4-6-12/h2-9,21H,10H2,1H3,(H,18,20). The predicted octanol–water partition coefficient (Wildman–Crippen LogP) is 2.98. The van der Waals surface area contributed by atoms with E-state index in [-0.39, 0.29) is 0 Å². The van der Waals surface area contributed by atoms with Crippen molar-refractivity contribution in [1.82, 2.24) is 15.0 Å². The second-order valence-electron chi connectivity index (χ2n) is 4.83. The van der Waals surface area contributed by atoms with Gasteiger partial charge in [-0.2, -0.15) is 0 Å². The van der Waals surface area contributed by atoms with Gasteiger partial charge in [0.25, 0.3) is 5.91 Å². The van der Waals surface area contributed by atoms with Gasteiger partial charge in [-0.1, -0.05) is 18.2 Å². The highest BCUT2D eigenvalue weighted by atomic mass is 32.2. The number of rotatable bonds is 4. The van der Waals surface area contributed by atoms with E-state index in [1.807, 2.05) is 35.9 Å². The SMILES string of the molecule is Cn1c(CSc2ccccc2)nc2cc(C(=O)NO)ccc21. The highest BCUT2D eigenvalue weighted by Gasteiger charge is 2.11. The van der Waals surface area contributed by atoms with Gasteiger partial charge in [0.15, 0.2) is 0 Å². The summed E-state index contributed by atoms with van der Waals surface area (Å²) in [6, 6.07) is 15.3. The van der Waals surface area contributed by atoms with Crippen molar-refractivity contribution in [3.05, 3.63) is 59.9 Å². The average Bonchev–Trinajstić information content (AvgIpc) is 2.88. The Morgan fingerprint density at radius 1 is 1.27 bits per heavy atom. The monoisotopic (exact) mass is 313 g/mol. The predicted molar refractivity (Wildman–Crippen MR) is 86.0 cm³/mol. The summed E-state index contributed by atoms with van der Waals surface area (Å²) in [5, 5.41) is 8.70. The molecule has 0 fully saturated rings. The molecule has 3 aromatic rings. The molecule has 3 rings (SSSR count). The number of imidazole rings is 1. The van der Waals surface area contributed by atoms with Gasteiger partial charge < -0.3 is 4.57 Å². The summed E-state index contributed by atoms with van der Waals surface area (Å²) >= 11 is 1.72. The van der Waals surface area contributed by atoms with Crippen LogP contribution in [0.15, 0.2) is 53.4 Å². The van der Waals surface area contributed by atoms with Gasteiger partial charge in [-0.25, -0.2) is 10.5 Å². The van der Waals surface area contributed by atoms with Crippen molar-refractivity contribution in [3.63, 3.8) is 0 Å². The third kappa shape index (κ3) is 2.84. The van der Waals surface area contributed by atoms with Crippen molar-refractivity contribution < 1.29 is 10.0 Å². The van der Waals surface area contributed by atoms with E-state index < -0.39 is 5.91 Å². The van der Waals surface area contributed by atoms with E-state index in [0.29, 0.717) is 5.56 Å². The quantitative estimate of drug-likeness (QED) is 0.441. The van der Waals surface area contributed by atoms with Gasteiger partial charge in [-0.05, 0) is 30.3 Å². The lowest BCUT2D eigenvalue weighted by atomic mass is 10.2. The smallest absolute Gasteiger partial charge is 0.274 e. The van der Waals surface area contributed by atoms with Gasteiger partial charge in [0.05, 0.1) is 16.8 Å². The minimum absolute atomic E-state index is 0.385. The van der Waals surface area contributed by atoms with Gasteiger partial charge in [0.1, 0.15) is 5.82 Å². The van der Waals surface area contributed by atoms with Crippen LogP contribution in [0.1, 0.15) is 16.2 Å². The fourth-order valence-electron chi connectivity index (χ4n) is 2.25. The number of carbonyl (C=O) groups excluding carboxylic acids is 1. The molecule has 0 unspecified atom stereocenters. The van der Waals surface area contributed by atoms with Gasteiger partial charge >= 0.3 is 0 Å². The van der Waals surface area contributed by atoms with Crippen LogP contribution in [0.4, 0.5) is 0 Å². The molecule has 1 amide bonds. The fraction of sp³-hybridized carbons (Fsp3) is 0.125. The molecule has 5 nitrogen and oxygen atoms in total. The van der Waals surface area contributed by atoms with E-state index in [2.05, 4.69) is 17.1 Å². The number of amides is 1. The number of thioether (sulfide) groups is 1. The third-order valence-electron chi connectivity index (χ3n) is 3.45. The Hall–Kier alpha value is -2.31. The molecule has 0 aliphatic carbocycles. The number of hydroxylamine groups is 1. The lowest BCUT2D eigenvalue weighted by Crippen LogP contribution is -2.18. The van der Waals surface area contributed by atoms with Crippen molar-refractivity contribution in [2.24, 2.45) is 7.05 Å². The number of nitrogens with zero attached hydrogens (tertiary/aromatic N) is 2. The molecule has 0 spiro atoms. The van der Waals surface area contributed by atoms with Crippen LogP contribution < -0.4 is 5.48 Å². The molecule has 0 saturated heterocycles. The van der Waals surface area contributed by atoms with Crippen LogP contribution in [-0.4, -0.2) is 20.7 Å². The van der Waals surface area contributed by atoms with Gasteiger partial charge in [0.2, 0.25) is 0 Å². The minimum atomic E-state index is -0.534. The van der Waals surface area contributed by atoms with E-state index in [1.54, 1.807) is 29.4 Å². The Kier molecular flexibility index (Phi) is 4.13. The number of benzene rings is 2. The fourth-order valence-corrected chi connectivity index (χ4v) is 3.15. The van der Waals surface area contributed by atoms with Crippen LogP contribution >= 0.6 is 11.8 Å². The number of nitrogens with one attached hydrogen (secondary N) is 1. The number of aryl methyl sites for hydroxylation is 1. The summed E-state index contributed by atoms with van der Waals surface area (Å²) in [6.45, 7) is 0. The Labute approximate surface area is 131 Å². The van der Waals surface area contributed by atoms with Crippen LogP contribution in [-0.2, 0) is 12.8 Å².